The molecule has 10 heteroatoms. The highest BCUT2D eigenvalue weighted by molar-refractivity contribution is 7.89. The summed E-state index contributed by atoms with van der Waals surface area (Å²) in [6.45, 7) is 0.128. The Hall–Kier alpha value is -1.42. The van der Waals surface area contributed by atoms with Crippen molar-refractivity contribution in [2.45, 2.75) is 23.8 Å². The summed E-state index contributed by atoms with van der Waals surface area (Å²) in [5, 5.41) is 2.77. The van der Waals surface area contributed by atoms with Crippen LogP contribution in [0.2, 0.25) is 5.02 Å². The summed E-state index contributed by atoms with van der Waals surface area (Å²) in [4.78, 5) is 14.8. The molecule has 110 valence electrons. The first-order chi connectivity index (χ1) is 9.42. The first kappa shape index (κ1) is 15.0. The molecule has 1 atom stereocenters. The zero-order valence-electron chi connectivity index (χ0n) is 10.4. The van der Waals surface area contributed by atoms with Gasteiger partial charge < -0.3 is 10.7 Å². The fourth-order valence-electron chi connectivity index (χ4n) is 1.80. The summed E-state index contributed by atoms with van der Waals surface area (Å²) in [6.07, 6.45) is 2.17. The van der Waals surface area contributed by atoms with Crippen molar-refractivity contribution >= 4 is 33.3 Å². The lowest BCUT2D eigenvalue weighted by atomic mass is 10.2. The lowest BCUT2D eigenvalue weighted by molar-refractivity contribution is -0.119. The van der Waals surface area contributed by atoms with Crippen LogP contribution in [0.4, 0.5) is 5.82 Å². The monoisotopic (exact) mass is 319 g/mol. The lowest BCUT2D eigenvalue weighted by Gasteiger charge is -2.12. The highest BCUT2D eigenvalue weighted by Gasteiger charge is 2.23. The minimum atomic E-state index is -3.73. The third-order valence-electron chi connectivity index (χ3n) is 2.87. The average molecular weight is 320 g/mol. The first-order valence-electron chi connectivity index (χ1n) is 5.83. The number of sulfonamides is 1. The van der Waals surface area contributed by atoms with Crippen molar-refractivity contribution < 1.29 is 13.2 Å². The molecule has 0 bridgehead atoms. The van der Waals surface area contributed by atoms with E-state index in [1.165, 1.54) is 6.07 Å². The second-order valence-electron chi connectivity index (χ2n) is 4.30. The van der Waals surface area contributed by atoms with Crippen molar-refractivity contribution in [2.75, 3.05) is 12.0 Å². The topological polar surface area (TPSA) is 126 Å². The standard InChI is InChI=1S/C10H14ClN5O3S/c11-8-3-7(5-13-10(8)16-12)20(18,19)14-4-6-1-2-9(17)15-6/h3,5-6,14H,1-2,4,12H2,(H,13,16)(H,15,17). The number of nitrogen functional groups attached to an aromatic ring is 1. The van der Waals surface area contributed by atoms with Crippen LogP contribution in [0.3, 0.4) is 0 Å². The number of carbonyl (C=O) groups excluding carboxylic acids is 1. The van der Waals surface area contributed by atoms with Gasteiger partial charge in [0.05, 0.1) is 5.02 Å². The van der Waals surface area contributed by atoms with Crippen LogP contribution in [0.25, 0.3) is 0 Å². The van der Waals surface area contributed by atoms with E-state index >= 15 is 0 Å². The van der Waals surface area contributed by atoms with E-state index in [0.717, 1.165) is 6.20 Å². The molecular formula is C10H14ClN5O3S. The molecule has 1 unspecified atom stereocenters. The van der Waals surface area contributed by atoms with Crippen LogP contribution >= 0.6 is 11.6 Å². The van der Waals surface area contributed by atoms with Crippen LogP contribution in [0.5, 0.6) is 0 Å². The smallest absolute Gasteiger partial charge is 0.242 e. The van der Waals surface area contributed by atoms with E-state index in [1.807, 2.05) is 0 Å². The Labute approximate surface area is 121 Å². The van der Waals surface area contributed by atoms with E-state index in [0.29, 0.717) is 12.8 Å². The molecule has 1 aliphatic rings. The predicted molar refractivity (Wildman–Crippen MR) is 73.4 cm³/mol. The van der Waals surface area contributed by atoms with Crippen LogP contribution in [0.15, 0.2) is 17.2 Å². The zero-order valence-corrected chi connectivity index (χ0v) is 12.0. The van der Waals surface area contributed by atoms with Gasteiger partial charge in [-0.25, -0.2) is 24.0 Å². The number of nitrogens with one attached hydrogen (secondary N) is 3. The molecule has 0 radical (unpaired) electrons. The van der Waals surface area contributed by atoms with E-state index in [4.69, 9.17) is 17.4 Å². The quantitative estimate of drug-likeness (QED) is 0.431. The Morgan fingerprint density at radius 3 is 2.85 bits per heavy atom. The number of aromatic nitrogens is 1. The fourth-order valence-corrected chi connectivity index (χ4v) is 3.13. The SMILES string of the molecule is NNc1ncc(S(=O)(=O)NCC2CCC(=O)N2)cc1Cl. The van der Waals surface area contributed by atoms with Gasteiger partial charge in [0.2, 0.25) is 15.9 Å². The number of carbonyl (C=O) groups is 1. The van der Waals surface area contributed by atoms with Crippen molar-refractivity contribution in [3.05, 3.63) is 17.3 Å². The summed E-state index contributed by atoms with van der Waals surface area (Å²) in [6, 6.07) is 1.06. The summed E-state index contributed by atoms with van der Waals surface area (Å²) in [5.41, 5.74) is 2.25. The van der Waals surface area contributed by atoms with E-state index in [9.17, 15) is 13.2 Å². The zero-order chi connectivity index (χ0) is 14.8. The van der Waals surface area contributed by atoms with Crippen LogP contribution in [-0.2, 0) is 14.8 Å². The predicted octanol–water partition coefficient (Wildman–Crippen LogP) is -0.422. The first-order valence-corrected chi connectivity index (χ1v) is 7.69. The Morgan fingerprint density at radius 2 is 2.30 bits per heavy atom. The van der Waals surface area contributed by atoms with E-state index in [2.05, 4.69) is 20.4 Å². The van der Waals surface area contributed by atoms with Crippen LogP contribution in [-0.4, -0.2) is 31.9 Å². The molecule has 2 rings (SSSR count). The van der Waals surface area contributed by atoms with Gasteiger partial charge >= 0.3 is 0 Å². The number of halogens is 1. The Kier molecular flexibility index (Phi) is 4.43. The maximum absolute atomic E-state index is 12.0. The molecule has 0 aliphatic carbocycles. The minimum absolute atomic E-state index is 0.0641. The molecular weight excluding hydrogens is 306 g/mol. The van der Waals surface area contributed by atoms with Gasteiger partial charge in [0.15, 0.2) is 5.82 Å². The second kappa shape index (κ2) is 5.92. The molecule has 1 aliphatic heterocycles. The van der Waals surface area contributed by atoms with Gasteiger partial charge in [0.25, 0.3) is 0 Å². The molecule has 5 N–H and O–H groups in total. The molecule has 8 nitrogen and oxygen atoms in total. The van der Waals surface area contributed by atoms with Crippen LogP contribution < -0.4 is 21.3 Å². The number of nitrogens with zero attached hydrogens (tertiary/aromatic N) is 1. The van der Waals surface area contributed by atoms with Gasteiger partial charge in [-0.05, 0) is 12.5 Å². The van der Waals surface area contributed by atoms with Crippen LogP contribution in [0, 0.1) is 0 Å². The molecule has 1 saturated heterocycles. The Balaban J connectivity index is 2.06. The van der Waals surface area contributed by atoms with Gasteiger partial charge in [0, 0.05) is 25.2 Å². The third kappa shape index (κ3) is 3.37. The highest BCUT2D eigenvalue weighted by atomic mass is 35.5. The molecule has 1 amide bonds. The highest BCUT2D eigenvalue weighted by Crippen LogP contribution is 2.21. The summed E-state index contributed by atoms with van der Waals surface area (Å²) < 4.78 is 26.5. The van der Waals surface area contributed by atoms with Gasteiger partial charge in [-0.15, -0.1) is 0 Å². The lowest BCUT2D eigenvalue weighted by Crippen LogP contribution is -2.38. The van der Waals surface area contributed by atoms with Crippen molar-refractivity contribution in [3.8, 4) is 0 Å². The second-order valence-corrected chi connectivity index (χ2v) is 6.47. The minimum Gasteiger partial charge on any atom is -0.352 e. The van der Waals surface area contributed by atoms with Gasteiger partial charge in [-0.1, -0.05) is 11.6 Å². The number of amides is 1. The summed E-state index contributed by atoms with van der Waals surface area (Å²) in [7, 11) is -3.73. The molecule has 1 fully saturated rings. The Morgan fingerprint density at radius 1 is 1.55 bits per heavy atom. The van der Waals surface area contributed by atoms with Crippen molar-refractivity contribution in [1.29, 1.82) is 0 Å². The van der Waals surface area contributed by atoms with Crippen LogP contribution in [0.1, 0.15) is 12.8 Å². The number of pyridine rings is 1. The van der Waals surface area contributed by atoms with Gasteiger partial charge in [0.1, 0.15) is 4.90 Å². The van der Waals surface area contributed by atoms with Crippen molar-refractivity contribution in [2.24, 2.45) is 5.84 Å². The van der Waals surface area contributed by atoms with E-state index in [-0.39, 0.29) is 34.2 Å². The van der Waals surface area contributed by atoms with Gasteiger partial charge in [-0.2, -0.15) is 0 Å². The molecule has 0 aromatic carbocycles. The molecule has 0 saturated carbocycles. The van der Waals surface area contributed by atoms with E-state index < -0.39 is 10.0 Å². The number of hydrogen-bond donors (Lipinski definition) is 4. The normalized spacial score (nSPS) is 18.9. The number of hydrazine groups is 1. The summed E-state index contributed by atoms with van der Waals surface area (Å²) in [5.74, 6) is 5.28. The number of anilines is 1. The van der Waals surface area contributed by atoms with Crippen molar-refractivity contribution in [1.82, 2.24) is 15.0 Å². The summed E-state index contributed by atoms with van der Waals surface area (Å²) >= 11 is 5.83. The maximum atomic E-state index is 12.0. The third-order valence-corrected chi connectivity index (χ3v) is 4.55. The van der Waals surface area contributed by atoms with Crippen molar-refractivity contribution in [3.63, 3.8) is 0 Å². The fraction of sp³-hybridized carbons (Fsp3) is 0.400. The number of hydrogen-bond acceptors (Lipinski definition) is 6. The maximum Gasteiger partial charge on any atom is 0.242 e. The molecule has 20 heavy (non-hydrogen) atoms. The number of rotatable bonds is 5. The van der Waals surface area contributed by atoms with E-state index in [1.54, 1.807) is 0 Å². The molecule has 1 aromatic heterocycles. The molecule has 0 spiro atoms. The largest absolute Gasteiger partial charge is 0.352 e. The molecule has 2 heterocycles. The van der Waals surface area contributed by atoms with Gasteiger partial charge in [-0.3, -0.25) is 4.79 Å². The average Bonchev–Trinajstić information content (AvgIpc) is 2.82. The molecule has 1 aromatic rings. The Bertz CT molecular complexity index is 621. The number of nitrogens with two attached hydrogens (primary N) is 1.